The van der Waals surface area contributed by atoms with Crippen molar-refractivity contribution >= 4 is 11.7 Å². The lowest BCUT2D eigenvalue weighted by molar-refractivity contribution is -0.144. The van der Waals surface area contributed by atoms with Crippen LogP contribution in [-0.4, -0.2) is 24.3 Å². The topological polar surface area (TPSA) is 96.6 Å². The van der Waals surface area contributed by atoms with Gasteiger partial charge in [0.25, 0.3) is 0 Å². The first-order valence-corrected chi connectivity index (χ1v) is 7.75. The molecule has 0 amide bonds. The largest absolute Gasteiger partial charge is 0.496 e. The third-order valence-electron chi connectivity index (χ3n) is 4.15. The first-order valence-electron chi connectivity index (χ1n) is 7.75. The van der Waals surface area contributed by atoms with E-state index in [9.17, 15) is 4.79 Å². The van der Waals surface area contributed by atoms with Crippen LogP contribution in [0.4, 0.5) is 0 Å². The van der Waals surface area contributed by atoms with Crippen molar-refractivity contribution in [2.45, 2.75) is 18.4 Å². The lowest BCUT2D eigenvalue weighted by Crippen LogP contribution is -2.42. The van der Waals surface area contributed by atoms with Crippen LogP contribution in [0.5, 0.6) is 5.75 Å². The predicted octanol–water partition coefficient (Wildman–Crippen LogP) is 3.64. The Morgan fingerprint density at radius 3 is 2.64 bits per heavy atom. The molecule has 0 saturated heterocycles. The second-order valence-electron chi connectivity index (χ2n) is 5.55. The van der Waals surface area contributed by atoms with Gasteiger partial charge in [-0.3, -0.25) is 0 Å². The summed E-state index contributed by atoms with van der Waals surface area (Å²) < 4.78 is 5.34. The number of ether oxygens (including phenoxy) is 1. The molecule has 7 nitrogen and oxygen atoms in total. The number of aryl methyl sites for hydroxylation is 1. The maximum absolute atomic E-state index is 12.4. The number of methoxy groups -OCH3 is 1. The number of azide groups is 1. The maximum atomic E-state index is 12.4. The Kier molecular flexibility index (Phi) is 4.68. The van der Waals surface area contributed by atoms with Crippen molar-refractivity contribution in [3.8, 4) is 5.75 Å². The fourth-order valence-corrected chi connectivity index (χ4v) is 2.85. The second kappa shape index (κ2) is 7.07. The van der Waals surface area contributed by atoms with E-state index < -0.39 is 11.5 Å². The van der Waals surface area contributed by atoms with Gasteiger partial charge in [-0.25, -0.2) is 4.79 Å². The fourth-order valence-electron chi connectivity index (χ4n) is 2.85. The first-order chi connectivity index (χ1) is 12.2. The Balaban J connectivity index is 2.01. The van der Waals surface area contributed by atoms with Crippen molar-refractivity contribution in [3.05, 3.63) is 76.2 Å². The summed E-state index contributed by atoms with van der Waals surface area (Å²) in [4.78, 5) is 20.2. The zero-order chi connectivity index (χ0) is 17.7. The Morgan fingerprint density at radius 1 is 1.20 bits per heavy atom. The molecule has 1 aliphatic heterocycles. The van der Waals surface area contributed by atoms with Gasteiger partial charge in [-0.05, 0) is 36.1 Å². The SMILES string of the molecule is COc1ccccc1C1=NOC(=O)C1(CCc1ccccc1)N=[N+]=[N-]. The molecule has 3 rings (SSSR count). The molecule has 0 N–H and O–H groups in total. The Morgan fingerprint density at radius 2 is 1.92 bits per heavy atom. The lowest BCUT2D eigenvalue weighted by atomic mass is 9.84. The van der Waals surface area contributed by atoms with Gasteiger partial charge < -0.3 is 9.57 Å². The number of hydrogen-bond acceptors (Lipinski definition) is 5. The van der Waals surface area contributed by atoms with E-state index in [1.165, 1.54) is 7.11 Å². The molecule has 2 aromatic rings. The fraction of sp³-hybridized carbons (Fsp3) is 0.222. The van der Waals surface area contributed by atoms with Crippen molar-refractivity contribution in [2.75, 3.05) is 7.11 Å². The number of oxime groups is 1. The van der Waals surface area contributed by atoms with Gasteiger partial charge in [-0.2, -0.15) is 0 Å². The Hall–Kier alpha value is -3.31. The molecule has 7 heteroatoms. The normalized spacial score (nSPS) is 18.9. The van der Waals surface area contributed by atoms with Crippen molar-refractivity contribution < 1.29 is 14.4 Å². The van der Waals surface area contributed by atoms with Gasteiger partial charge in [0.15, 0.2) is 5.54 Å². The molecule has 0 bridgehead atoms. The van der Waals surface area contributed by atoms with Gasteiger partial charge in [0, 0.05) is 10.5 Å². The highest BCUT2D eigenvalue weighted by Gasteiger charge is 2.50. The number of para-hydroxylation sites is 1. The lowest BCUT2D eigenvalue weighted by Gasteiger charge is -2.21. The number of carbonyl (C=O) groups excluding carboxylic acids is 1. The number of nitrogens with zero attached hydrogens (tertiary/aromatic N) is 4. The number of hydrogen-bond donors (Lipinski definition) is 0. The maximum Gasteiger partial charge on any atom is 0.353 e. The molecule has 1 aliphatic rings. The van der Waals surface area contributed by atoms with E-state index in [2.05, 4.69) is 15.2 Å². The van der Waals surface area contributed by atoms with Gasteiger partial charge in [0.2, 0.25) is 0 Å². The molecule has 1 heterocycles. The molecule has 0 radical (unpaired) electrons. The van der Waals surface area contributed by atoms with Crippen LogP contribution in [0, 0.1) is 0 Å². The van der Waals surface area contributed by atoms with Gasteiger partial charge >= 0.3 is 5.97 Å². The van der Waals surface area contributed by atoms with Crippen LogP contribution in [0.3, 0.4) is 0 Å². The van der Waals surface area contributed by atoms with Crippen molar-refractivity contribution in [2.24, 2.45) is 10.3 Å². The summed E-state index contributed by atoms with van der Waals surface area (Å²) in [6.45, 7) is 0. The van der Waals surface area contributed by atoms with Crippen LogP contribution >= 0.6 is 0 Å². The molecule has 0 saturated carbocycles. The van der Waals surface area contributed by atoms with Crippen LogP contribution in [0.2, 0.25) is 0 Å². The average Bonchev–Trinajstić information content (AvgIpc) is 2.97. The smallest absolute Gasteiger partial charge is 0.353 e. The van der Waals surface area contributed by atoms with Crippen LogP contribution in [0.25, 0.3) is 10.4 Å². The third kappa shape index (κ3) is 3.05. The number of rotatable bonds is 6. The highest BCUT2D eigenvalue weighted by molar-refractivity contribution is 6.22. The van der Waals surface area contributed by atoms with E-state index in [-0.39, 0.29) is 12.1 Å². The summed E-state index contributed by atoms with van der Waals surface area (Å²) in [7, 11) is 1.52. The number of carbonyl (C=O) groups is 1. The third-order valence-corrected chi connectivity index (χ3v) is 4.15. The van der Waals surface area contributed by atoms with Crippen LogP contribution < -0.4 is 4.74 Å². The Bertz CT molecular complexity index is 860. The second-order valence-corrected chi connectivity index (χ2v) is 5.55. The standard InChI is InChI=1S/C18H16N4O3/c1-24-15-10-6-5-9-14(15)16-18(21-22-19,17(23)25-20-16)12-11-13-7-3-2-4-8-13/h2-10H,11-12H2,1H3. The summed E-state index contributed by atoms with van der Waals surface area (Å²) >= 11 is 0. The zero-order valence-electron chi connectivity index (χ0n) is 13.6. The minimum atomic E-state index is -1.51. The van der Waals surface area contributed by atoms with Gasteiger partial charge in [-0.1, -0.05) is 52.7 Å². The monoisotopic (exact) mass is 336 g/mol. The van der Waals surface area contributed by atoms with Crippen LogP contribution in [-0.2, 0) is 16.1 Å². The molecule has 0 fully saturated rings. The molecular formula is C18H16N4O3. The quantitative estimate of drug-likeness (QED) is 0.348. The highest BCUT2D eigenvalue weighted by atomic mass is 16.7. The van der Waals surface area contributed by atoms with E-state index in [1.54, 1.807) is 24.3 Å². The van der Waals surface area contributed by atoms with Crippen molar-refractivity contribution in [3.63, 3.8) is 0 Å². The zero-order valence-corrected chi connectivity index (χ0v) is 13.6. The van der Waals surface area contributed by atoms with Gasteiger partial charge in [-0.15, -0.1) is 0 Å². The van der Waals surface area contributed by atoms with Gasteiger partial charge in [0.1, 0.15) is 11.5 Å². The molecule has 25 heavy (non-hydrogen) atoms. The van der Waals surface area contributed by atoms with E-state index >= 15 is 0 Å². The first kappa shape index (κ1) is 16.5. The summed E-state index contributed by atoms with van der Waals surface area (Å²) in [5.74, 6) is -0.154. The molecule has 1 atom stereocenters. The predicted molar refractivity (Wildman–Crippen MR) is 92.3 cm³/mol. The minimum Gasteiger partial charge on any atom is -0.496 e. The van der Waals surface area contributed by atoms with Crippen molar-refractivity contribution in [1.82, 2.24) is 0 Å². The van der Waals surface area contributed by atoms with E-state index in [1.807, 2.05) is 30.3 Å². The van der Waals surface area contributed by atoms with Crippen LogP contribution in [0.1, 0.15) is 17.5 Å². The van der Waals surface area contributed by atoms with E-state index in [0.29, 0.717) is 17.7 Å². The van der Waals surface area contributed by atoms with Crippen LogP contribution in [0.15, 0.2) is 64.9 Å². The minimum absolute atomic E-state index is 0.247. The molecule has 1 unspecified atom stereocenters. The molecule has 0 spiro atoms. The molecule has 126 valence electrons. The summed E-state index contributed by atoms with van der Waals surface area (Å²) in [5.41, 5.74) is 9.40. The molecule has 0 aliphatic carbocycles. The van der Waals surface area contributed by atoms with Gasteiger partial charge in [0.05, 0.1) is 7.11 Å². The summed E-state index contributed by atoms with van der Waals surface area (Å²) in [6.07, 6.45) is 0.778. The average molecular weight is 336 g/mol. The molecular weight excluding hydrogens is 320 g/mol. The highest BCUT2D eigenvalue weighted by Crippen LogP contribution is 2.34. The molecule has 2 aromatic carbocycles. The summed E-state index contributed by atoms with van der Waals surface area (Å²) in [5, 5.41) is 7.71. The van der Waals surface area contributed by atoms with E-state index in [4.69, 9.17) is 15.1 Å². The molecule has 0 aromatic heterocycles. The van der Waals surface area contributed by atoms with Crippen molar-refractivity contribution in [1.29, 1.82) is 0 Å². The van der Waals surface area contributed by atoms with E-state index in [0.717, 1.165) is 5.56 Å². The summed E-state index contributed by atoms with van der Waals surface area (Å²) in [6, 6.07) is 16.7. The number of benzene rings is 2. The Labute approximate surface area is 144 Å².